The van der Waals surface area contributed by atoms with Gasteiger partial charge in [0, 0.05) is 22.2 Å². The van der Waals surface area contributed by atoms with Gasteiger partial charge in [-0.2, -0.15) is 0 Å². The van der Waals surface area contributed by atoms with Crippen molar-refractivity contribution in [3.63, 3.8) is 0 Å². The van der Waals surface area contributed by atoms with Crippen molar-refractivity contribution in [3.05, 3.63) is 53.3 Å². The van der Waals surface area contributed by atoms with E-state index in [2.05, 4.69) is 0 Å². The van der Waals surface area contributed by atoms with Crippen molar-refractivity contribution >= 4 is 16.5 Å². The fraction of sp³-hybridized carbons (Fsp3) is 0.200. The highest BCUT2D eigenvalue weighted by Gasteiger charge is 2.13. The van der Waals surface area contributed by atoms with E-state index in [1.165, 1.54) is 13.2 Å². The van der Waals surface area contributed by atoms with E-state index in [0.717, 1.165) is 5.56 Å². The molecule has 2 rings (SSSR count). The van der Waals surface area contributed by atoms with Crippen molar-refractivity contribution in [1.82, 2.24) is 0 Å². The predicted molar refractivity (Wildman–Crippen MR) is 78.7 cm³/mol. The predicted octanol–water partition coefficient (Wildman–Crippen LogP) is 3.03. The van der Waals surface area contributed by atoms with Crippen LogP contribution in [0.25, 0.3) is 0 Å². The molecule has 0 heterocycles. The van der Waals surface area contributed by atoms with Crippen LogP contribution in [0.4, 0.5) is 10.1 Å². The average molecular weight is 293 g/mol. The molecule has 0 aliphatic rings. The largest absolute Gasteiger partial charge is 0.497 e. The molecule has 2 aromatic carbocycles. The third-order valence-corrected chi connectivity index (χ3v) is 4.62. The van der Waals surface area contributed by atoms with Crippen LogP contribution in [0.1, 0.15) is 11.1 Å². The lowest BCUT2D eigenvalue weighted by Crippen LogP contribution is -2.03. The van der Waals surface area contributed by atoms with Gasteiger partial charge < -0.3 is 10.5 Å². The number of halogens is 1. The topological polar surface area (TPSA) is 52.3 Å². The smallest absolute Gasteiger partial charge is 0.131 e. The Morgan fingerprint density at radius 1 is 1.30 bits per heavy atom. The van der Waals surface area contributed by atoms with E-state index in [4.69, 9.17) is 10.5 Å². The maximum absolute atomic E-state index is 13.9. The summed E-state index contributed by atoms with van der Waals surface area (Å²) in [4.78, 5) is 0.639. The van der Waals surface area contributed by atoms with Gasteiger partial charge in [-0.25, -0.2) is 4.39 Å². The van der Waals surface area contributed by atoms with E-state index in [1.807, 2.05) is 6.92 Å². The molecule has 0 amide bonds. The fourth-order valence-electron chi connectivity index (χ4n) is 1.87. The van der Waals surface area contributed by atoms with Crippen LogP contribution in [-0.2, 0) is 16.6 Å². The third kappa shape index (κ3) is 2.99. The number of benzene rings is 2. The summed E-state index contributed by atoms with van der Waals surface area (Å²) in [5.41, 5.74) is 7.56. The van der Waals surface area contributed by atoms with Crippen molar-refractivity contribution in [2.24, 2.45) is 0 Å². The monoisotopic (exact) mass is 293 g/mol. The summed E-state index contributed by atoms with van der Waals surface area (Å²) in [5, 5.41) is 0. The molecular weight excluding hydrogens is 277 g/mol. The van der Waals surface area contributed by atoms with E-state index in [-0.39, 0.29) is 5.75 Å². The van der Waals surface area contributed by atoms with Gasteiger partial charge in [0.05, 0.1) is 23.7 Å². The number of rotatable bonds is 4. The minimum absolute atomic E-state index is 0.111. The SMILES string of the molecule is COc1ccc(CS(=O)c2cccc(N)c2C)c(F)c1. The second-order valence-corrected chi connectivity index (χ2v) is 5.84. The molecular formula is C15H16FNO2S. The molecule has 2 N–H and O–H groups in total. The molecule has 0 spiro atoms. The summed E-state index contributed by atoms with van der Waals surface area (Å²) in [5.74, 6) is 0.136. The van der Waals surface area contributed by atoms with Gasteiger partial charge in [0.2, 0.25) is 0 Å². The van der Waals surface area contributed by atoms with Crippen molar-refractivity contribution in [3.8, 4) is 5.75 Å². The van der Waals surface area contributed by atoms with Crippen molar-refractivity contribution in [2.75, 3.05) is 12.8 Å². The Morgan fingerprint density at radius 2 is 2.05 bits per heavy atom. The second-order valence-electron chi connectivity index (χ2n) is 4.42. The first-order valence-corrected chi connectivity index (χ1v) is 7.40. The molecule has 1 atom stereocenters. The Bertz CT molecular complexity index is 658. The van der Waals surface area contributed by atoms with E-state index in [1.54, 1.807) is 30.3 Å². The average Bonchev–Trinajstić information content (AvgIpc) is 2.44. The van der Waals surface area contributed by atoms with E-state index >= 15 is 0 Å². The molecule has 0 radical (unpaired) electrons. The number of nitrogen functional groups attached to an aromatic ring is 1. The third-order valence-electron chi connectivity index (χ3n) is 3.12. The molecule has 2 aromatic rings. The first-order chi connectivity index (χ1) is 9.52. The lowest BCUT2D eigenvalue weighted by molar-refractivity contribution is 0.411. The number of hydrogen-bond donors (Lipinski definition) is 1. The highest BCUT2D eigenvalue weighted by atomic mass is 32.2. The molecule has 0 aromatic heterocycles. The number of methoxy groups -OCH3 is 1. The molecule has 0 aliphatic heterocycles. The van der Waals surface area contributed by atoms with Crippen LogP contribution in [-0.4, -0.2) is 11.3 Å². The Hall–Kier alpha value is -1.88. The zero-order valence-electron chi connectivity index (χ0n) is 11.4. The first-order valence-electron chi connectivity index (χ1n) is 6.09. The van der Waals surface area contributed by atoms with Crippen LogP contribution >= 0.6 is 0 Å². The van der Waals surface area contributed by atoms with Gasteiger partial charge in [-0.1, -0.05) is 12.1 Å². The number of anilines is 1. The van der Waals surface area contributed by atoms with E-state index < -0.39 is 16.6 Å². The maximum atomic E-state index is 13.9. The zero-order chi connectivity index (χ0) is 14.7. The van der Waals surface area contributed by atoms with Crippen LogP contribution < -0.4 is 10.5 Å². The zero-order valence-corrected chi connectivity index (χ0v) is 12.2. The van der Waals surface area contributed by atoms with Gasteiger partial charge >= 0.3 is 0 Å². The molecule has 0 aliphatic carbocycles. The summed E-state index contributed by atoms with van der Waals surface area (Å²) in [7, 11) is 0.139. The Morgan fingerprint density at radius 3 is 2.70 bits per heavy atom. The van der Waals surface area contributed by atoms with Crippen molar-refractivity contribution < 1.29 is 13.3 Å². The number of ether oxygens (including phenoxy) is 1. The molecule has 3 nitrogen and oxygen atoms in total. The molecule has 0 saturated carbocycles. The maximum Gasteiger partial charge on any atom is 0.131 e. The fourth-order valence-corrected chi connectivity index (χ4v) is 3.23. The van der Waals surface area contributed by atoms with E-state index in [0.29, 0.717) is 21.9 Å². The lowest BCUT2D eigenvalue weighted by Gasteiger charge is -2.09. The summed E-state index contributed by atoms with van der Waals surface area (Å²) < 4.78 is 31.1. The molecule has 0 bridgehead atoms. The minimum atomic E-state index is -1.34. The van der Waals surface area contributed by atoms with Crippen LogP contribution in [0.2, 0.25) is 0 Å². The Balaban J connectivity index is 2.26. The van der Waals surface area contributed by atoms with Gasteiger partial charge in [0.25, 0.3) is 0 Å². The summed E-state index contributed by atoms with van der Waals surface area (Å²) in [6, 6.07) is 9.79. The molecule has 0 saturated heterocycles. The van der Waals surface area contributed by atoms with Crippen LogP contribution in [0.15, 0.2) is 41.3 Å². The van der Waals surface area contributed by atoms with Gasteiger partial charge in [-0.15, -0.1) is 0 Å². The Kier molecular flexibility index (Phi) is 4.39. The summed E-state index contributed by atoms with van der Waals surface area (Å²) in [6.45, 7) is 1.81. The van der Waals surface area contributed by atoms with Crippen LogP contribution in [0.3, 0.4) is 0 Å². The normalized spacial score (nSPS) is 12.2. The highest BCUT2D eigenvalue weighted by molar-refractivity contribution is 7.84. The van der Waals surface area contributed by atoms with Gasteiger partial charge in [0.15, 0.2) is 0 Å². The summed E-state index contributed by atoms with van der Waals surface area (Å²) in [6.07, 6.45) is 0. The quantitative estimate of drug-likeness (QED) is 0.882. The molecule has 1 unspecified atom stereocenters. The molecule has 0 fully saturated rings. The van der Waals surface area contributed by atoms with E-state index in [9.17, 15) is 8.60 Å². The van der Waals surface area contributed by atoms with Crippen molar-refractivity contribution in [2.45, 2.75) is 17.6 Å². The lowest BCUT2D eigenvalue weighted by atomic mass is 10.2. The van der Waals surface area contributed by atoms with Crippen LogP contribution in [0.5, 0.6) is 5.75 Å². The van der Waals surface area contributed by atoms with Gasteiger partial charge in [-0.05, 0) is 30.7 Å². The summed E-state index contributed by atoms with van der Waals surface area (Å²) >= 11 is 0. The standard InChI is InChI=1S/C15H16FNO2S/c1-10-14(17)4-3-5-15(10)20(18)9-11-6-7-12(19-2)8-13(11)16/h3-8H,9,17H2,1-2H3. The second kappa shape index (κ2) is 6.05. The number of nitrogens with two attached hydrogens (primary N) is 1. The number of hydrogen-bond acceptors (Lipinski definition) is 3. The molecule has 106 valence electrons. The van der Waals surface area contributed by atoms with Crippen LogP contribution in [0, 0.1) is 12.7 Å². The molecule has 20 heavy (non-hydrogen) atoms. The molecule has 5 heteroatoms. The minimum Gasteiger partial charge on any atom is -0.497 e. The van der Waals surface area contributed by atoms with Gasteiger partial charge in [0.1, 0.15) is 11.6 Å². The highest BCUT2D eigenvalue weighted by Crippen LogP contribution is 2.23. The van der Waals surface area contributed by atoms with Crippen molar-refractivity contribution in [1.29, 1.82) is 0 Å². The van der Waals surface area contributed by atoms with Gasteiger partial charge in [-0.3, -0.25) is 4.21 Å². The first kappa shape index (κ1) is 14.5. The Labute approximate surface area is 120 Å².